The summed E-state index contributed by atoms with van der Waals surface area (Å²) in [6, 6.07) is 14.1. The lowest BCUT2D eigenvalue weighted by atomic mass is 9.59. The zero-order valence-corrected chi connectivity index (χ0v) is 23.4. The first kappa shape index (κ1) is 27.1. The van der Waals surface area contributed by atoms with Crippen LogP contribution < -0.4 is 15.4 Å². The molecule has 3 aliphatic rings. The number of carbonyl (C=O) groups excluding carboxylic acids is 2. The number of benzene rings is 3. The van der Waals surface area contributed by atoms with Crippen LogP contribution in [-0.4, -0.2) is 31.6 Å². The van der Waals surface area contributed by atoms with E-state index in [-0.39, 0.29) is 18.2 Å². The minimum atomic E-state index is -1.33. The number of fused-ring (bicyclic) bond motifs is 2. The van der Waals surface area contributed by atoms with E-state index in [0.717, 1.165) is 18.4 Å². The van der Waals surface area contributed by atoms with Crippen LogP contribution in [0.1, 0.15) is 53.5 Å². The van der Waals surface area contributed by atoms with Crippen LogP contribution in [-0.2, 0) is 19.7 Å². The Morgan fingerprint density at radius 3 is 2.55 bits per heavy atom. The molecule has 0 saturated carbocycles. The largest absolute Gasteiger partial charge is 0.493 e. The van der Waals surface area contributed by atoms with Crippen LogP contribution in [0, 0.1) is 18.7 Å². The summed E-state index contributed by atoms with van der Waals surface area (Å²) in [4.78, 5) is 27.7. The number of carbonyl (C=O) groups is 2. The van der Waals surface area contributed by atoms with Gasteiger partial charge in [0.15, 0.2) is 0 Å². The van der Waals surface area contributed by atoms with Gasteiger partial charge in [0.1, 0.15) is 17.0 Å². The molecule has 2 saturated heterocycles. The topological polar surface area (TPSA) is 76.7 Å². The Hall–Kier alpha value is -3.13. The molecule has 0 bridgehead atoms. The lowest BCUT2D eigenvalue weighted by Gasteiger charge is -2.47. The maximum Gasteiger partial charge on any atom is 0.238 e. The van der Waals surface area contributed by atoms with Crippen LogP contribution in [0.15, 0.2) is 54.6 Å². The van der Waals surface area contributed by atoms with Crippen molar-refractivity contribution in [2.24, 2.45) is 5.92 Å². The number of rotatable bonds is 5. The molecule has 0 aliphatic carbocycles. The maximum atomic E-state index is 14.7. The molecule has 3 aromatic rings. The number of piperidine rings is 1. The van der Waals surface area contributed by atoms with Gasteiger partial charge in [-0.25, -0.2) is 4.39 Å². The van der Waals surface area contributed by atoms with Crippen LogP contribution in [0.2, 0.25) is 10.0 Å². The minimum Gasteiger partial charge on any atom is -0.493 e. The zero-order valence-electron chi connectivity index (χ0n) is 21.9. The number of hydrogen-bond acceptors (Lipinski definition) is 4. The molecule has 3 aliphatic heterocycles. The predicted molar refractivity (Wildman–Crippen MR) is 152 cm³/mol. The summed E-state index contributed by atoms with van der Waals surface area (Å²) in [5.74, 6) is -0.778. The van der Waals surface area contributed by atoms with Crippen molar-refractivity contribution < 1.29 is 23.5 Å². The highest BCUT2D eigenvalue weighted by atomic mass is 35.5. The van der Waals surface area contributed by atoms with Crippen molar-refractivity contribution in [3.63, 3.8) is 0 Å². The molecule has 3 atom stereocenters. The number of aryl methyl sites for hydroxylation is 1. The van der Waals surface area contributed by atoms with Gasteiger partial charge in [-0.1, -0.05) is 35.3 Å². The Bertz CT molecular complexity index is 1490. The van der Waals surface area contributed by atoms with Gasteiger partial charge in [0.05, 0.1) is 12.6 Å². The van der Waals surface area contributed by atoms with E-state index in [0.29, 0.717) is 63.9 Å². The summed E-state index contributed by atoms with van der Waals surface area (Å²) in [6.07, 6.45) is 1.81. The maximum absolute atomic E-state index is 14.7. The van der Waals surface area contributed by atoms with Crippen LogP contribution in [0.25, 0.3) is 0 Å². The molecule has 6 rings (SSSR count). The van der Waals surface area contributed by atoms with Crippen molar-refractivity contribution in [2.75, 3.05) is 25.1 Å². The predicted octanol–water partition coefficient (Wildman–Crippen LogP) is 6.48. The summed E-state index contributed by atoms with van der Waals surface area (Å²) in [7, 11) is 0. The van der Waals surface area contributed by atoms with Crippen LogP contribution in [0.5, 0.6) is 5.75 Å². The molecule has 40 heavy (non-hydrogen) atoms. The fourth-order valence-electron chi connectivity index (χ4n) is 6.49. The van der Waals surface area contributed by atoms with Crippen LogP contribution in [0.4, 0.5) is 10.1 Å². The number of anilines is 1. The van der Waals surface area contributed by atoms with Gasteiger partial charge >= 0.3 is 0 Å². The lowest BCUT2D eigenvalue weighted by molar-refractivity contribution is -0.131. The second-order valence-electron chi connectivity index (χ2n) is 10.8. The van der Waals surface area contributed by atoms with E-state index in [1.807, 2.05) is 13.0 Å². The Balaban J connectivity index is 1.54. The monoisotopic (exact) mass is 582 g/mol. The molecule has 1 spiro atoms. The van der Waals surface area contributed by atoms with E-state index in [2.05, 4.69) is 10.6 Å². The Labute approximate surface area is 242 Å². The van der Waals surface area contributed by atoms with Gasteiger partial charge in [-0.2, -0.15) is 0 Å². The Morgan fingerprint density at radius 2 is 1.75 bits per heavy atom. The molecule has 2 N–H and O–H groups in total. The first-order chi connectivity index (χ1) is 19.3. The van der Waals surface area contributed by atoms with Gasteiger partial charge in [0, 0.05) is 46.8 Å². The second kappa shape index (κ2) is 10.7. The highest BCUT2D eigenvalue weighted by Gasteiger charge is 2.61. The molecule has 3 aromatic carbocycles. The van der Waals surface area contributed by atoms with Crippen LogP contribution in [0.3, 0.4) is 0 Å². The van der Waals surface area contributed by atoms with Crippen LogP contribution >= 0.6 is 23.2 Å². The van der Waals surface area contributed by atoms with Crippen molar-refractivity contribution in [2.45, 2.75) is 43.6 Å². The standard InChI is InChI=1S/C31H29Cl2FN2O4/c1-17-2-5-21(34)14-22(17)29-31(24-6-3-20(33)13-26(24)35-30(31)38)25(15-28(37)36-29)23-12-19(32)4-7-27(23)40-16-18-8-10-39-11-9-18/h2-7,12-14,18,25,29H,8-11,15-16H2,1H3,(H,35,38)(H,36,37)/t25-,29+,31-/m1/s1. The first-order valence-corrected chi connectivity index (χ1v) is 14.2. The third-order valence-electron chi connectivity index (χ3n) is 8.47. The minimum absolute atomic E-state index is 0.00825. The highest BCUT2D eigenvalue weighted by molar-refractivity contribution is 6.31. The lowest BCUT2D eigenvalue weighted by Crippen LogP contribution is -2.57. The number of halogens is 3. The van der Waals surface area contributed by atoms with Crippen molar-refractivity contribution in [1.82, 2.24) is 5.32 Å². The van der Waals surface area contributed by atoms with Crippen molar-refractivity contribution >= 4 is 40.7 Å². The molecule has 2 amide bonds. The molecule has 0 aromatic heterocycles. The van der Waals surface area contributed by atoms with Gasteiger partial charge in [-0.3, -0.25) is 9.59 Å². The highest BCUT2D eigenvalue weighted by Crippen LogP contribution is 2.59. The van der Waals surface area contributed by atoms with Gasteiger partial charge < -0.3 is 20.1 Å². The number of hydrogen-bond donors (Lipinski definition) is 2. The summed E-state index contributed by atoms with van der Waals surface area (Å²) in [5.41, 5.74) is 1.85. The van der Waals surface area contributed by atoms with Gasteiger partial charge in [-0.05, 0) is 84.8 Å². The molecule has 0 radical (unpaired) electrons. The van der Waals surface area contributed by atoms with E-state index in [9.17, 15) is 14.0 Å². The number of amides is 2. The average molecular weight is 583 g/mol. The molecular formula is C31H29Cl2FN2O4. The van der Waals surface area contributed by atoms with Gasteiger partial charge in [0.2, 0.25) is 11.8 Å². The summed E-state index contributed by atoms with van der Waals surface area (Å²) >= 11 is 12.9. The summed E-state index contributed by atoms with van der Waals surface area (Å²) in [5, 5.41) is 6.99. The van der Waals surface area contributed by atoms with E-state index in [4.69, 9.17) is 32.7 Å². The molecule has 0 unspecified atom stereocenters. The molecule has 208 valence electrons. The summed E-state index contributed by atoms with van der Waals surface area (Å²) < 4.78 is 26.5. The fraction of sp³-hybridized carbons (Fsp3) is 0.355. The third-order valence-corrected chi connectivity index (χ3v) is 8.94. The van der Waals surface area contributed by atoms with Gasteiger partial charge in [0.25, 0.3) is 0 Å². The second-order valence-corrected chi connectivity index (χ2v) is 11.7. The average Bonchev–Trinajstić information content (AvgIpc) is 3.22. The third kappa shape index (κ3) is 4.64. The zero-order chi connectivity index (χ0) is 28.0. The fourth-order valence-corrected chi connectivity index (χ4v) is 6.84. The molecule has 9 heteroatoms. The van der Waals surface area contributed by atoms with Crippen molar-refractivity contribution in [3.8, 4) is 5.75 Å². The first-order valence-electron chi connectivity index (χ1n) is 13.4. The smallest absolute Gasteiger partial charge is 0.238 e. The molecular weight excluding hydrogens is 554 g/mol. The van der Waals surface area contributed by atoms with Crippen molar-refractivity contribution in [1.29, 1.82) is 0 Å². The molecule has 2 fully saturated rings. The van der Waals surface area contributed by atoms with E-state index in [1.165, 1.54) is 12.1 Å². The van der Waals surface area contributed by atoms with Crippen molar-refractivity contribution in [3.05, 3.63) is 92.7 Å². The number of ether oxygens (including phenoxy) is 2. The molecule has 3 heterocycles. The molecule has 6 nitrogen and oxygen atoms in total. The Kier molecular flexibility index (Phi) is 7.23. The van der Waals surface area contributed by atoms with E-state index < -0.39 is 23.2 Å². The van der Waals surface area contributed by atoms with Gasteiger partial charge in [-0.15, -0.1) is 0 Å². The quantitative estimate of drug-likeness (QED) is 0.361. The Morgan fingerprint density at radius 1 is 1.00 bits per heavy atom. The normalized spacial score (nSPS) is 24.5. The number of nitrogens with one attached hydrogen (secondary N) is 2. The summed E-state index contributed by atoms with van der Waals surface area (Å²) in [6.45, 7) is 3.72. The van der Waals surface area contributed by atoms with E-state index >= 15 is 0 Å². The SMILES string of the molecule is Cc1ccc(F)cc1[C@@H]1NC(=O)C[C@H](c2cc(Cl)ccc2OCC2CCOCC2)[C@@]12C(=O)Nc1cc(Cl)ccc12. The van der Waals surface area contributed by atoms with E-state index in [1.54, 1.807) is 36.4 Å².